The van der Waals surface area contributed by atoms with E-state index < -0.39 is 11.0 Å². The van der Waals surface area contributed by atoms with Crippen LogP contribution in [0.3, 0.4) is 0 Å². The van der Waals surface area contributed by atoms with E-state index in [4.69, 9.17) is 5.10 Å². The van der Waals surface area contributed by atoms with Gasteiger partial charge < -0.3 is 5.11 Å². The molecule has 3 aliphatic rings. The van der Waals surface area contributed by atoms with Crippen LogP contribution in [0.5, 0.6) is 0 Å². The van der Waals surface area contributed by atoms with Crippen molar-refractivity contribution in [3.05, 3.63) is 180 Å². The number of rotatable bonds is 10. The lowest BCUT2D eigenvalue weighted by atomic mass is 9.66. The molecule has 0 spiro atoms. The van der Waals surface area contributed by atoms with Crippen LogP contribution in [-0.4, -0.2) is 50.5 Å². The molecule has 284 valence electrons. The van der Waals surface area contributed by atoms with Gasteiger partial charge in [0, 0.05) is 52.8 Å². The summed E-state index contributed by atoms with van der Waals surface area (Å²) in [6.45, 7) is 5.17. The second kappa shape index (κ2) is 15.8. The maximum atomic E-state index is 14.7. The highest BCUT2D eigenvalue weighted by molar-refractivity contribution is 6.01. The number of aliphatic hydroxyl groups is 1. The molecular formula is C48H48FN5O2. The van der Waals surface area contributed by atoms with E-state index in [1.54, 1.807) is 18.3 Å². The van der Waals surface area contributed by atoms with Gasteiger partial charge in [0.1, 0.15) is 17.1 Å². The van der Waals surface area contributed by atoms with Crippen molar-refractivity contribution >= 4 is 16.8 Å². The Kier molecular flexibility index (Phi) is 10.5. The molecule has 8 rings (SSSR count). The summed E-state index contributed by atoms with van der Waals surface area (Å²) in [5.74, 6) is -0.354. The van der Waals surface area contributed by atoms with Gasteiger partial charge in [0.05, 0.1) is 12.1 Å². The zero-order valence-corrected chi connectivity index (χ0v) is 32.0. The number of hydrazine groups is 1. The third-order valence-electron chi connectivity index (χ3n) is 11.8. The van der Waals surface area contributed by atoms with Crippen LogP contribution in [0.25, 0.3) is 22.2 Å². The minimum atomic E-state index is -0.757. The maximum Gasteiger partial charge on any atom is 0.265 e. The number of piperidine rings is 1. The molecule has 56 heavy (non-hydrogen) atoms. The van der Waals surface area contributed by atoms with Gasteiger partial charge in [-0.05, 0) is 91.6 Å². The third kappa shape index (κ3) is 6.99. The number of nitrogens with one attached hydrogen (secondary N) is 1. The van der Waals surface area contributed by atoms with Gasteiger partial charge >= 0.3 is 0 Å². The van der Waals surface area contributed by atoms with Crippen LogP contribution in [0.15, 0.2) is 151 Å². The number of hydrogen-bond acceptors (Lipinski definition) is 5. The Labute approximate surface area is 328 Å². The van der Waals surface area contributed by atoms with Crippen LogP contribution in [-0.2, 0) is 12.0 Å². The number of benzene rings is 3. The van der Waals surface area contributed by atoms with Crippen LogP contribution in [0.2, 0.25) is 0 Å². The highest BCUT2D eigenvalue weighted by Gasteiger charge is 2.48. The molecule has 2 aliphatic carbocycles. The van der Waals surface area contributed by atoms with Crippen LogP contribution < -0.4 is 5.43 Å². The quantitative estimate of drug-likeness (QED) is 0.149. The summed E-state index contributed by atoms with van der Waals surface area (Å²) in [5, 5.41) is 18.9. The van der Waals surface area contributed by atoms with Crippen molar-refractivity contribution in [3.63, 3.8) is 0 Å². The van der Waals surface area contributed by atoms with Crippen LogP contribution >= 0.6 is 0 Å². The second-order valence-corrected chi connectivity index (χ2v) is 15.5. The molecule has 2 N–H and O–H groups in total. The first kappa shape index (κ1) is 37.2. The number of amides is 1. The Hall–Kier alpha value is -5.70. The molecule has 3 aromatic carbocycles. The lowest BCUT2D eigenvalue weighted by Gasteiger charge is -2.45. The van der Waals surface area contributed by atoms with Crippen molar-refractivity contribution in [2.75, 3.05) is 19.7 Å². The van der Waals surface area contributed by atoms with Crippen molar-refractivity contribution in [1.29, 1.82) is 0 Å². The van der Waals surface area contributed by atoms with E-state index in [0.717, 1.165) is 58.3 Å². The second-order valence-electron chi connectivity index (χ2n) is 15.5. The Morgan fingerprint density at radius 1 is 1.00 bits per heavy atom. The minimum Gasteiger partial charge on any atom is -0.396 e. The molecule has 4 unspecified atom stereocenters. The monoisotopic (exact) mass is 745 g/mol. The first-order chi connectivity index (χ1) is 27.3. The molecule has 0 saturated carbocycles. The molecule has 1 fully saturated rings. The first-order valence-electron chi connectivity index (χ1n) is 19.6. The molecule has 5 aromatic rings. The number of pyridine rings is 1. The first-order valence-corrected chi connectivity index (χ1v) is 19.6. The van der Waals surface area contributed by atoms with Gasteiger partial charge in [-0.15, -0.1) is 0 Å². The highest BCUT2D eigenvalue weighted by atomic mass is 19.1. The summed E-state index contributed by atoms with van der Waals surface area (Å²) in [4.78, 5) is 18.7. The molecule has 7 nitrogen and oxygen atoms in total. The lowest BCUT2D eigenvalue weighted by Crippen LogP contribution is -2.53. The molecule has 4 atom stereocenters. The fraction of sp³-hybridized carbons (Fsp3) is 0.271. The third-order valence-corrected chi connectivity index (χ3v) is 11.8. The number of fused-ring (bicyclic) bond motifs is 1. The summed E-state index contributed by atoms with van der Waals surface area (Å²) < 4.78 is 16.9. The largest absolute Gasteiger partial charge is 0.396 e. The van der Waals surface area contributed by atoms with E-state index in [2.05, 4.69) is 107 Å². The van der Waals surface area contributed by atoms with Crippen molar-refractivity contribution < 1.29 is 14.3 Å². The maximum absolute atomic E-state index is 14.7. The van der Waals surface area contributed by atoms with E-state index >= 15 is 0 Å². The molecule has 0 radical (unpaired) electrons. The lowest BCUT2D eigenvalue weighted by molar-refractivity contribution is 0.00815. The zero-order chi connectivity index (χ0) is 38.7. The Balaban J connectivity index is 1.25. The van der Waals surface area contributed by atoms with Crippen LogP contribution in [0.4, 0.5) is 4.39 Å². The Morgan fingerprint density at radius 3 is 2.62 bits per heavy atom. The number of aliphatic hydroxyl groups excluding tert-OH is 1. The molecule has 1 amide bonds. The van der Waals surface area contributed by atoms with Crippen molar-refractivity contribution in [1.82, 2.24) is 25.2 Å². The summed E-state index contributed by atoms with van der Waals surface area (Å²) >= 11 is 0. The summed E-state index contributed by atoms with van der Waals surface area (Å²) in [5.41, 5.74) is 8.59. The van der Waals surface area contributed by atoms with E-state index in [1.807, 2.05) is 48.3 Å². The molecule has 0 bridgehead atoms. The smallest absolute Gasteiger partial charge is 0.265 e. The number of carbonyl (C=O) groups excluding carboxylic acids is 1. The average molecular weight is 746 g/mol. The number of nitrogens with zero attached hydrogens (tertiary/aromatic N) is 4. The van der Waals surface area contributed by atoms with E-state index in [9.17, 15) is 14.3 Å². The number of hydrogen-bond donors (Lipinski definition) is 2. The van der Waals surface area contributed by atoms with Crippen molar-refractivity contribution in [3.8, 4) is 11.3 Å². The van der Waals surface area contributed by atoms with Gasteiger partial charge in [-0.25, -0.2) is 14.1 Å². The minimum absolute atomic E-state index is 0.00254. The average Bonchev–Trinajstić information content (AvgIpc) is 3.38. The summed E-state index contributed by atoms with van der Waals surface area (Å²) in [6, 6.07) is 27.3. The van der Waals surface area contributed by atoms with Gasteiger partial charge in [-0.2, -0.15) is 5.10 Å². The predicted octanol–water partition coefficient (Wildman–Crippen LogP) is 9.07. The Morgan fingerprint density at radius 2 is 1.82 bits per heavy atom. The molecular weight excluding hydrogens is 698 g/mol. The summed E-state index contributed by atoms with van der Waals surface area (Å²) in [7, 11) is 0. The SMILES string of the molecule is Cc1cc(-c2nn(C(C3=CCC=CC=C3)(c3ccccc3)C3C=CC=CC3C)c3ccc(C(=O)NN4CCCC(CO)(Cc5ccccc5F)C4)cc23)ccn1. The molecule has 1 saturated heterocycles. The predicted molar refractivity (Wildman–Crippen MR) is 221 cm³/mol. The van der Waals surface area contributed by atoms with Crippen LogP contribution in [0.1, 0.15) is 53.4 Å². The molecule has 2 aromatic heterocycles. The number of allylic oxidation sites excluding steroid dienone is 10. The number of carbonyl (C=O) groups is 1. The fourth-order valence-electron chi connectivity index (χ4n) is 9.05. The normalized spacial score (nSPS) is 22.1. The molecule has 8 heteroatoms. The topological polar surface area (TPSA) is 83.3 Å². The van der Waals surface area contributed by atoms with Gasteiger partial charge in [0.25, 0.3) is 5.91 Å². The standard InChI is InChI=1S/C48H48FN5O2/c1-34-15-10-12-21-42(34)48(40-19-8-5-9-20-40,39-17-6-3-4-7-18-39)54-44-24-23-37(30-41(44)45(51-54)36-25-27-50-35(2)29-36)46(56)52-53-28-14-26-47(32-53,33-55)31-38-16-11-13-22-43(38)49/h3-6,8-13,15-25,27,29-30,34,42,55H,7,14,26,28,31-33H2,1-2H3,(H,52,56). The highest BCUT2D eigenvalue weighted by Crippen LogP contribution is 2.49. The zero-order valence-electron chi connectivity index (χ0n) is 32.0. The van der Waals surface area contributed by atoms with Crippen molar-refractivity contribution in [2.24, 2.45) is 17.3 Å². The van der Waals surface area contributed by atoms with Crippen molar-refractivity contribution in [2.45, 2.75) is 45.1 Å². The summed E-state index contributed by atoms with van der Waals surface area (Å²) in [6.07, 6.45) is 24.2. The number of aromatic nitrogens is 3. The van der Waals surface area contributed by atoms with Gasteiger partial charge in [0.15, 0.2) is 0 Å². The van der Waals surface area contributed by atoms with Crippen LogP contribution in [0, 0.1) is 30.0 Å². The van der Waals surface area contributed by atoms with E-state index in [0.29, 0.717) is 30.6 Å². The fourth-order valence-corrected chi connectivity index (χ4v) is 9.05. The van der Waals surface area contributed by atoms with E-state index in [-0.39, 0.29) is 30.2 Å². The number of aryl methyl sites for hydroxylation is 1. The molecule has 1 aliphatic heterocycles. The number of halogens is 1. The van der Waals surface area contributed by atoms with Gasteiger partial charge in [-0.3, -0.25) is 15.2 Å². The molecule has 3 heterocycles. The Bertz CT molecular complexity index is 2390. The van der Waals surface area contributed by atoms with Gasteiger partial charge in [-0.1, -0.05) is 110 Å². The van der Waals surface area contributed by atoms with E-state index in [1.165, 1.54) is 6.07 Å². The van der Waals surface area contributed by atoms with Gasteiger partial charge in [0.2, 0.25) is 0 Å².